The first kappa shape index (κ1) is 18.3. The minimum Gasteiger partial charge on any atom is -0.302 e. The number of halogens is 1. The monoisotopic (exact) mass is 378 g/mol. The highest BCUT2D eigenvalue weighted by molar-refractivity contribution is 7.16. The van der Waals surface area contributed by atoms with Crippen molar-refractivity contribution < 1.29 is 4.79 Å². The third-order valence-corrected chi connectivity index (χ3v) is 5.72. The average molecular weight is 379 g/mol. The number of rotatable bonds is 5. The third kappa shape index (κ3) is 5.00. The number of likely N-dealkylation sites (tertiary alicyclic amines) is 1. The van der Waals surface area contributed by atoms with Crippen molar-refractivity contribution in [2.24, 2.45) is 5.92 Å². The predicted molar refractivity (Wildman–Crippen MR) is 102 cm³/mol. The molecule has 1 N–H and O–H groups in total. The summed E-state index contributed by atoms with van der Waals surface area (Å²) in [6, 6.07) is 4.38. The van der Waals surface area contributed by atoms with E-state index in [1.165, 1.54) is 30.2 Å². The highest BCUT2D eigenvalue weighted by atomic mass is 35.5. The predicted octanol–water partition coefficient (Wildman–Crippen LogP) is 3.83. The minimum absolute atomic E-state index is 0.124. The fraction of sp³-hybridized carbons (Fsp3) is 0.500. The van der Waals surface area contributed by atoms with E-state index >= 15 is 0 Å². The van der Waals surface area contributed by atoms with Gasteiger partial charge in [0.2, 0.25) is 5.91 Å². The molecule has 1 saturated heterocycles. The number of hydrogen-bond donors (Lipinski definition) is 1. The Morgan fingerprint density at radius 1 is 1.36 bits per heavy atom. The number of aromatic nitrogens is 2. The van der Waals surface area contributed by atoms with Gasteiger partial charge >= 0.3 is 0 Å². The number of carbonyl (C=O) groups excluding carboxylic acids is 1. The van der Waals surface area contributed by atoms with Crippen LogP contribution in [0.3, 0.4) is 0 Å². The summed E-state index contributed by atoms with van der Waals surface area (Å²) in [5.41, 5.74) is 3.55. The Bertz CT molecular complexity index is 756. The fourth-order valence-electron chi connectivity index (χ4n) is 3.43. The van der Waals surface area contributed by atoms with Gasteiger partial charge in [-0.1, -0.05) is 22.9 Å². The van der Waals surface area contributed by atoms with E-state index < -0.39 is 0 Å². The highest BCUT2D eigenvalue weighted by Crippen LogP contribution is 2.30. The molecule has 0 aromatic carbocycles. The van der Waals surface area contributed by atoms with Gasteiger partial charge < -0.3 is 5.32 Å². The van der Waals surface area contributed by atoms with Gasteiger partial charge in [-0.3, -0.25) is 14.7 Å². The van der Waals surface area contributed by atoms with E-state index in [0.29, 0.717) is 16.2 Å². The zero-order valence-electron chi connectivity index (χ0n) is 14.8. The number of aryl methyl sites for hydroxylation is 2. The van der Waals surface area contributed by atoms with Crippen LogP contribution in [0, 0.1) is 19.8 Å². The van der Waals surface area contributed by atoms with Crippen LogP contribution in [0.15, 0.2) is 12.1 Å². The van der Waals surface area contributed by atoms with Crippen molar-refractivity contribution in [1.29, 1.82) is 0 Å². The Labute approximate surface area is 157 Å². The summed E-state index contributed by atoms with van der Waals surface area (Å²) in [6.07, 6.45) is 2.28. The summed E-state index contributed by atoms with van der Waals surface area (Å²) in [7, 11) is 0. The number of thiazole rings is 1. The molecule has 0 bridgehead atoms. The molecule has 7 heteroatoms. The van der Waals surface area contributed by atoms with Crippen molar-refractivity contribution in [2.45, 2.75) is 40.2 Å². The second-order valence-corrected chi connectivity index (χ2v) is 8.21. The molecule has 2 aromatic heterocycles. The van der Waals surface area contributed by atoms with Crippen LogP contribution in [-0.4, -0.2) is 33.9 Å². The van der Waals surface area contributed by atoms with Crippen LogP contribution in [0.1, 0.15) is 35.2 Å². The molecule has 0 saturated carbocycles. The highest BCUT2D eigenvalue weighted by Gasteiger charge is 2.24. The molecular weight excluding hydrogens is 356 g/mol. The zero-order chi connectivity index (χ0) is 18.0. The quantitative estimate of drug-likeness (QED) is 0.858. The van der Waals surface area contributed by atoms with E-state index in [0.717, 1.165) is 42.3 Å². The maximum Gasteiger partial charge on any atom is 0.223 e. The number of carbonyl (C=O) groups is 1. The Morgan fingerprint density at radius 3 is 2.76 bits per heavy atom. The van der Waals surface area contributed by atoms with Crippen LogP contribution in [0.2, 0.25) is 5.15 Å². The van der Waals surface area contributed by atoms with Crippen LogP contribution in [0.5, 0.6) is 0 Å². The minimum atomic E-state index is -0.124. The van der Waals surface area contributed by atoms with E-state index in [4.69, 9.17) is 11.6 Å². The summed E-state index contributed by atoms with van der Waals surface area (Å²) < 4.78 is 0. The number of pyridine rings is 1. The van der Waals surface area contributed by atoms with Crippen molar-refractivity contribution in [2.75, 3.05) is 18.4 Å². The van der Waals surface area contributed by atoms with E-state index in [9.17, 15) is 4.79 Å². The molecule has 0 aliphatic carbocycles. The molecule has 25 heavy (non-hydrogen) atoms. The van der Waals surface area contributed by atoms with Crippen molar-refractivity contribution in [1.82, 2.24) is 14.9 Å². The summed E-state index contributed by atoms with van der Waals surface area (Å²) >= 11 is 7.68. The normalized spacial score (nSPS) is 17.8. The molecule has 0 spiro atoms. The molecular formula is C18H23ClN4OS. The van der Waals surface area contributed by atoms with Crippen LogP contribution in [0.25, 0.3) is 0 Å². The number of amides is 1. The average Bonchev–Trinajstić information content (AvgIpc) is 3.05. The lowest BCUT2D eigenvalue weighted by Gasteiger charge is -2.15. The van der Waals surface area contributed by atoms with Gasteiger partial charge in [0.15, 0.2) is 5.13 Å². The molecule has 2 aromatic rings. The lowest BCUT2D eigenvalue weighted by Crippen LogP contribution is -2.20. The van der Waals surface area contributed by atoms with E-state index in [1.54, 1.807) is 0 Å². The molecule has 1 unspecified atom stereocenters. The fourth-order valence-corrected chi connectivity index (χ4v) is 4.69. The number of nitrogens with zero attached hydrogens (tertiary/aromatic N) is 3. The Hall–Kier alpha value is -1.50. The number of nitrogens with one attached hydrogen (secondary N) is 1. The summed E-state index contributed by atoms with van der Waals surface area (Å²) in [5.74, 6) is 0.531. The van der Waals surface area contributed by atoms with Gasteiger partial charge in [0.1, 0.15) is 5.15 Å². The number of hydrogen-bond acceptors (Lipinski definition) is 5. The molecule has 5 nitrogen and oxygen atoms in total. The Kier molecular flexibility index (Phi) is 5.71. The smallest absolute Gasteiger partial charge is 0.223 e. The Morgan fingerprint density at radius 2 is 2.08 bits per heavy atom. The molecule has 0 radical (unpaired) electrons. The Balaban J connectivity index is 1.58. The van der Waals surface area contributed by atoms with Gasteiger partial charge in [-0.05, 0) is 56.8 Å². The SMILES string of the molecule is CC(=O)Nc1nc(Cl)c(CN2CCC(Cc3cc(C)nc(C)c3)C2)s1. The van der Waals surface area contributed by atoms with E-state index in [1.807, 2.05) is 0 Å². The maximum atomic E-state index is 11.1. The topological polar surface area (TPSA) is 58.1 Å². The molecule has 1 amide bonds. The summed E-state index contributed by atoms with van der Waals surface area (Å²) in [4.78, 5) is 23.2. The molecule has 1 atom stereocenters. The van der Waals surface area contributed by atoms with Crippen LogP contribution < -0.4 is 5.32 Å². The van der Waals surface area contributed by atoms with Gasteiger partial charge in [0.25, 0.3) is 0 Å². The molecule has 3 heterocycles. The molecule has 1 aliphatic heterocycles. The second kappa shape index (κ2) is 7.81. The first-order valence-electron chi connectivity index (χ1n) is 8.48. The van der Waals surface area contributed by atoms with Crippen LogP contribution in [0.4, 0.5) is 5.13 Å². The molecule has 134 valence electrons. The standard InChI is InChI=1S/C18H23ClN4OS/c1-11-6-15(7-12(2)20-11)8-14-4-5-23(9-14)10-16-17(19)22-18(25-16)21-13(3)24/h6-7,14H,4-5,8-10H2,1-3H3,(H,21,22,24). The van der Waals surface area contributed by atoms with Crippen molar-refractivity contribution in [3.63, 3.8) is 0 Å². The number of anilines is 1. The first-order valence-corrected chi connectivity index (χ1v) is 9.68. The van der Waals surface area contributed by atoms with Gasteiger partial charge in [0, 0.05) is 31.4 Å². The molecule has 1 aliphatic rings. The maximum absolute atomic E-state index is 11.1. The third-order valence-electron chi connectivity index (χ3n) is 4.34. The molecule has 3 rings (SSSR count). The van der Waals surface area contributed by atoms with Crippen LogP contribution >= 0.6 is 22.9 Å². The van der Waals surface area contributed by atoms with E-state index in [2.05, 4.69) is 46.2 Å². The summed E-state index contributed by atoms with van der Waals surface area (Å²) in [6.45, 7) is 8.50. The zero-order valence-corrected chi connectivity index (χ0v) is 16.4. The van der Waals surface area contributed by atoms with Crippen molar-refractivity contribution in [3.05, 3.63) is 39.1 Å². The van der Waals surface area contributed by atoms with Gasteiger partial charge in [-0.25, -0.2) is 4.98 Å². The van der Waals surface area contributed by atoms with Gasteiger partial charge in [0.05, 0.1) is 4.88 Å². The second-order valence-electron chi connectivity index (χ2n) is 6.77. The van der Waals surface area contributed by atoms with Gasteiger partial charge in [-0.15, -0.1) is 0 Å². The van der Waals surface area contributed by atoms with Crippen molar-refractivity contribution in [3.8, 4) is 0 Å². The van der Waals surface area contributed by atoms with Gasteiger partial charge in [-0.2, -0.15) is 0 Å². The first-order chi connectivity index (χ1) is 11.9. The van der Waals surface area contributed by atoms with Crippen molar-refractivity contribution >= 4 is 34.0 Å². The lowest BCUT2D eigenvalue weighted by atomic mass is 9.98. The van der Waals surface area contributed by atoms with Crippen LogP contribution in [-0.2, 0) is 17.8 Å². The lowest BCUT2D eigenvalue weighted by molar-refractivity contribution is -0.114. The molecule has 1 fully saturated rings. The largest absolute Gasteiger partial charge is 0.302 e. The summed E-state index contributed by atoms with van der Waals surface area (Å²) in [5, 5.41) is 3.78. The van der Waals surface area contributed by atoms with E-state index in [-0.39, 0.29) is 5.91 Å².